The lowest BCUT2D eigenvalue weighted by molar-refractivity contribution is 0.0464. The van der Waals surface area contributed by atoms with Gasteiger partial charge >= 0.3 is 0 Å². The Morgan fingerprint density at radius 3 is 0.957 bits per heavy atom. The fraction of sp³-hybridized carbons (Fsp3) is 0.295. The molecule has 8 aromatic heterocycles. The number of pyridine rings is 7. The van der Waals surface area contributed by atoms with E-state index in [0.29, 0.717) is 64.0 Å². The number of carbonyl (C=O) groups excluding carboxylic acids is 4. The minimum Gasteiger partial charge on any atom is -0.472 e. The molecule has 0 spiro atoms. The number of hydrogen-bond acceptors (Lipinski definition) is 17. The summed E-state index contributed by atoms with van der Waals surface area (Å²) in [6.45, 7) is 11.2. The summed E-state index contributed by atoms with van der Waals surface area (Å²) in [6.07, 6.45) is 28.9. The standard InChI is InChI=1S/3C24H23N3O2.C23H22N4O2/c1-16-8-9-23(26-13-16)29-22-12-17-11-21(22)27(15-17)24(28)20-7-3-2-6-19(20)18-5-4-10-25-14-18;1-16-9-10-23(26-14-16)29-22-13-17-12-21(22)27(15-17)24(28)19-7-3-2-6-18(19)20-8-4-5-11-25-20;1-16-6-7-23(26-14-16)29-22-13-17-12-21(22)27(15-17)24(28)20-5-3-2-4-19(20)18-8-10-25-11-9-18;1-15-6-7-22(26-12-15)29-21-11-16-10-20(21)27(14-16)23(28)18-5-3-2-4-17(18)19-13-24-8-9-25-19/h2-10,13-14,17,21-22H,11-12,15H2,1H3;2*2-11,14,17,21-22H,12-13,15H2,1H3;2-9,12-13,16,20-21H,10-11,14H2,1H3. The molecule has 4 saturated carbocycles. The molecule has 20 rings (SSSR count). The van der Waals surface area contributed by atoms with E-state index in [1.807, 2.05) is 260 Å². The molecule has 116 heavy (non-hydrogen) atoms. The summed E-state index contributed by atoms with van der Waals surface area (Å²) in [5, 5.41) is 0. The summed E-state index contributed by atoms with van der Waals surface area (Å²) >= 11 is 0. The van der Waals surface area contributed by atoms with Crippen LogP contribution in [0.5, 0.6) is 23.5 Å². The SMILES string of the molecule is Cc1ccc(OC2CC3CC2N(C(=O)c2ccccc2-c2ccccn2)C3)nc1.Cc1ccc(OC2CC3CC2N(C(=O)c2ccccc2-c2cccnc2)C3)nc1.Cc1ccc(OC2CC3CC2N(C(=O)c2ccccc2-c2ccncc2)C3)nc1.Cc1ccc(OC2CC3CC2N(C(=O)c2ccccc2-c2cnccn2)C3)nc1. The molecule has 21 nitrogen and oxygen atoms in total. The first-order valence-corrected chi connectivity index (χ1v) is 40.2. The van der Waals surface area contributed by atoms with Crippen LogP contribution in [0.15, 0.2) is 262 Å². The predicted octanol–water partition coefficient (Wildman–Crippen LogP) is 15.9. The highest BCUT2D eigenvalue weighted by molar-refractivity contribution is 6.03. The van der Waals surface area contributed by atoms with Crippen molar-refractivity contribution < 1.29 is 38.1 Å². The van der Waals surface area contributed by atoms with Crippen molar-refractivity contribution in [1.82, 2.24) is 64.5 Å². The van der Waals surface area contributed by atoms with Crippen LogP contribution in [0.4, 0.5) is 0 Å². The number of piperidine rings is 4. The Balaban J connectivity index is 0.000000111. The predicted molar refractivity (Wildman–Crippen MR) is 440 cm³/mol. The van der Waals surface area contributed by atoms with Gasteiger partial charge in [0.1, 0.15) is 24.4 Å². The molecule has 12 unspecified atom stereocenters. The third kappa shape index (κ3) is 16.6. The summed E-state index contributed by atoms with van der Waals surface area (Å²) in [6, 6.07) is 60.5. The molecule has 0 radical (unpaired) electrons. The van der Waals surface area contributed by atoms with Gasteiger partial charge in [-0.05, 0) is 196 Å². The maximum Gasteiger partial charge on any atom is 0.254 e. The highest BCUT2D eigenvalue weighted by Crippen LogP contribution is 2.46. The van der Waals surface area contributed by atoms with Gasteiger partial charge < -0.3 is 38.5 Å². The Hall–Kier alpha value is -12.9. The fourth-order valence-corrected chi connectivity index (χ4v) is 18.3. The number of aryl methyl sites for hydroxylation is 4. The van der Waals surface area contributed by atoms with Gasteiger partial charge in [0, 0.05) is 158 Å². The van der Waals surface area contributed by atoms with E-state index in [-0.39, 0.29) is 72.2 Å². The van der Waals surface area contributed by atoms with Gasteiger partial charge in [0.25, 0.3) is 23.6 Å². The molecular weight excluding hydrogens is 1450 g/mol. The summed E-state index contributed by atoms with van der Waals surface area (Å²) in [5.41, 5.74) is 14.3. The van der Waals surface area contributed by atoms with Crippen molar-refractivity contribution in [3.8, 4) is 68.3 Å². The van der Waals surface area contributed by atoms with Crippen molar-refractivity contribution in [3.63, 3.8) is 0 Å². The minimum atomic E-state index is -0.0171. The van der Waals surface area contributed by atoms with Crippen LogP contribution < -0.4 is 18.9 Å². The van der Waals surface area contributed by atoms with Crippen molar-refractivity contribution >= 4 is 23.6 Å². The van der Waals surface area contributed by atoms with Crippen LogP contribution in [0.3, 0.4) is 0 Å². The number of hydrogen-bond donors (Lipinski definition) is 0. The Bertz CT molecular complexity index is 4760. The highest BCUT2D eigenvalue weighted by Gasteiger charge is 2.53. The van der Waals surface area contributed by atoms with Gasteiger partial charge in [-0.3, -0.25) is 44.1 Å². The average Bonchev–Trinajstić information content (AvgIpc) is 1.55. The third-order valence-electron chi connectivity index (χ3n) is 23.7. The van der Waals surface area contributed by atoms with Gasteiger partial charge in [0.05, 0.1) is 41.8 Å². The second kappa shape index (κ2) is 34.0. The Labute approximate surface area is 675 Å². The van der Waals surface area contributed by atoms with Gasteiger partial charge in [-0.25, -0.2) is 19.9 Å². The zero-order valence-electron chi connectivity index (χ0n) is 65.3. The van der Waals surface area contributed by atoms with Crippen molar-refractivity contribution in [2.24, 2.45) is 23.7 Å². The zero-order valence-corrected chi connectivity index (χ0v) is 65.3. The minimum absolute atomic E-state index is 0.000920. The Morgan fingerprint density at radius 1 is 0.276 bits per heavy atom. The van der Waals surface area contributed by atoms with Crippen molar-refractivity contribution in [2.45, 2.75) is 128 Å². The fourth-order valence-electron chi connectivity index (χ4n) is 18.3. The summed E-state index contributed by atoms with van der Waals surface area (Å²) < 4.78 is 24.7. The summed E-state index contributed by atoms with van der Waals surface area (Å²) in [5.74, 6) is 4.72. The normalized spacial score (nSPS) is 22.7. The third-order valence-corrected chi connectivity index (χ3v) is 23.7. The van der Waals surface area contributed by atoms with Gasteiger partial charge in [-0.1, -0.05) is 109 Å². The van der Waals surface area contributed by atoms with E-state index in [1.165, 1.54) is 0 Å². The Morgan fingerprint density at radius 2 is 0.621 bits per heavy atom. The first-order chi connectivity index (χ1) is 56.7. The lowest BCUT2D eigenvalue weighted by Crippen LogP contribution is -2.47. The van der Waals surface area contributed by atoms with Gasteiger partial charge in [0.15, 0.2) is 0 Å². The smallest absolute Gasteiger partial charge is 0.254 e. The average molecular weight is 1540 g/mol. The van der Waals surface area contributed by atoms with Crippen molar-refractivity contribution in [2.75, 3.05) is 26.2 Å². The van der Waals surface area contributed by atoms with E-state index in [2.05, 4.69) is 44.9 Å². The van der Waals surface area contributed by atoms with Gasteiger partial charge in [-0.15, -0.1) is 0 Å². The number of carbonyl (C=O) groups is 4. The number of nitrogens with zero attached hydrogens (tertiary/aromatic N) is 13. The van der Waals surface area contributed by atoms with E-state index < -0.39 is 0 Å². The van der Waals surface area contributed by atoms with E-state index in [4.69, 9.17) is 18.9 Å². The second-order valence-corrected chi connectivity index (χ2v) is 31.7. The van der Waals surface area contributed by atoms with Crippen LogP contribution in [0.25, 0.3) is 44.8 Å². The molecule has 12 heterocycles. The second-order valence-electron chi connectivity index (χ2n) is 31.7. The molecule has 4 aromatic carbocycles. The number of aromatic nitrogens is 9. The van der Waals surface area contributed by atoms with E-state index >= 15 is 0 Å². The maximum atomic E-state index is 13.5. The lowest BCUT2D eigenvalue weighted by Gasteiger charge is -2.33. The molecular formula is C95H91N13O8. The molecule has 8 fully saturated rings. The van der Waals surface area contributed by atoms with E-state index in [1.54, 1.807) is 49.6 Å². The van der Waals surface area contributed by atoms with Crippen LogP contribution >= 0.6 is 0 Å². The van der Waals surface area contributed by atoms with Crippen molar-refractivity contribution in [3.05, 3.63) is 307 Å². The molecule has 0 N–H and O–H groups in total. The van der Waals surface area contributed by atoms with Crippen LogP contribution in [-0.2, 0) is 0 Å². The Kier molecular flexibility index (Phi) is 22.2. The molecule has 4 amide bonds. The van der Waals surface area contributed by atoms with E-state index in [9.17, 15) is 19.2 Å². The number of likely N-dealkylation sites (tertiary alicyclic amines) is 4. The molecule has 584 valence electrons. The van der Waals surface area contributed by atoms with Gasteiger partial charge in [-0.2, -0.15) is 0 Å². The number of benzene rings is 4. The lowest BCUT2D eigenvalue weighted by atomic mass is 9.98. The molecule has 8 bridgehead atoms. The molecule has 4 aliphatic heterocycles. The van der Waals surface area contributed by atoms with Crippen LogP contribution in [0, 0.1) is 51.4 Å². The summed E-state index contributed by atoms with van der Waals surface area (Å²) in [4.78, 5) is 101. The zero-order chi connectivity index (χ0) is 79.2. The van der Waals surface area contributed by atoms with Crippen LogP contribution in [0.2, 0.25) is 0 Å². The molecule has 12 aromatic rings. The van der Waals surface area contributed by atoms with Gasteiger partial charge in [0.2, 0.25) is 23.5 Å². The number of ether oxygens (including phenoxy) is 4. The molecule has 4 saturated heterocycles. The van der Waals surface area contributed by atoms with Crippen molar-refractivity contribution in [1.29, 1.82) is 0 Å². The number of fused-ring (bicyclic) bond motifs is 8. The highest BCUT2D eigenvalue weighted by atomic mass is 16.5. The molecule has 12 atom stereocenters. The monoisotopic (exact) mass is 1540 g/mol. The van der Waals surface area contributed by atoms with E-state index in [0.717, 1.165) is 150 Å². The van der Waals surface area contributed by atoms with Crippen LogP contribution in [-0.4, -0.2) is 163 Å². The first kappa shape index (κ1) is 75.8. The topological polar surface area (TPSA) is 234 Å². The summed E-state index contributed by atoms with van der Waals surface area (Å²) in [7, 11) is 0. The molecule has 21 heteroatoms. The largest absolute Gasteiger partial charge is 0.472 e. The number of amides is 4. The quantitative estimate of drug-likeness (QED) is 0.0874. The molecule has 4 aliphatic carbocycles. The first-order valence-electron chi connectivity index (χ1n) is 40.2. The number of rotatable bonds is 16. The molecule has 8 aliphatic rings. The van der Waals surface area contributed by atoms with Crippen LogP contribution in [0.1, 0.15) is 115 Å². The maximum absolute atomic E-state index is 13.5.